The fraction of sp³-hybridized carbons (Fsp3) is 0.462. The molecular formula is C13H13FN2O3. The van der Waals surface area contributed by atoms with Gasteiger partial charge in [0, 0.05) is 12.1 Å². The van der Waals surface area contributed by atoms with E-state index >= 15 is 0 Å². The van der Waals surface area contributed by atoms with Crippen LogP contribution in [0.25, 0.3) is 0 Å². The average Bonchev–Trinajstić information content (AvgIpc) is 2.95. The summed E-state index contributed by atoms with van der Waals surface area (Å²) < 4.78 is 13.1. The lowest BCUT2D eigenvalue weighted by Gasteiger charge is -2.22. The Kier molecular flexibility index (Phi) is 2.73. The number of pyridine rings is 1. The maximum Gasteiger partial charge on any atom is 0.308 e. The maximum absolute atomic E-state index is 13.1. The molecule has 1 aromatic heterocycles. The van der Waals surface area contributed by atoms with Crippen molar-refractivity contribution < 1.29 is 19.1 Å². The van der Waals surface area contributed by atoms with Crippen molar-refractivity contribution in [3.8, 4) is 0 Å². The van der Waals surface area contributed by atoms with Crippen LogP contribution in [-0.4, -0.2) is 39.0 Å². The van der Waals surface area contributed by atoms with Crippen molar-refractivity contribution >= 4 is 11.9 Å². The van der Waals surface area contributed by atoms with Gasteiger partial charge in [-0.1, -0.05) is 6.07 Å². The first-order valence-electron chi connectivity index (χ1n) is 6.26. The Morgan fingerprint density at radius 3 is 2.79 bits per heavy atom. The summed E-state index contributed by atoms with van der Waals surface area (Å²) in [7, 11) is 0. The third-order valence-electron chi connectivity index (χ3n) is 4.02. The molecule has 1 N–H and O–H groups in total. The Bertz CT molecular complexity index is 548. The summed E-state index contributed by atoms with van der Waals surface area (Å²) in [6.07, 6.45) is 2.00. The second-order valence-corrected chi connectivity index (χ2v) is 5.04. The number of fused-ring (bicyclic) bond motifs is 2. The van der Waals surface area contributed by atoms with Gasteiger partial charge in [-0.15, -0.1) is 0 Å². The Hall–Kier alpha value is -1.98. The number of aromatic nitrogens is 1. The molecule has 2 aliphatic rings. The lowest BCUT2D eigenvalue weighted by Crippen LogP contribution is -2.38. The monoisotopic (exact) mass is 264 g/mol. The van der Waals surface area contributed by atoms with Crippen molar-refractivity contribution in [3.63, 3.8) is 0 Å². The van der Waals surface area contributed by atoms with E-state index in [9.17, 15) is 14.0 Å². The molecule has 2 fully saturated rings. The third-order valence-corrected chi connectivity index (χ3v) is 4.02. The zero-order valence-electron chi connectivity index (χ0n) is 10.1. The smallest absolute Gasteiger partial charge is 0.308 e. The minimum absolute atomic E-state index is 0.0444. The van der Waals surface area contributed by atoms with Gasteiger partial charge in [-0.25, -0.2) is 4.98 Å². The molecule has 100 valence electrons. The van der Waals surface area contributed by atoms with Gasteiger partial charge in [0.05, 0.1) is 5.92 Å². The molecule has 2 saturated heterocycles. The summed E-state index contributed by atoms with van der Waals surface area (Å²) in [6, 6.07) is 3.74. The summed E-state index contributed by atoms with van der Waals surface area (Å²) in [5.41, 5.74) is 0.0444. The molecule has 3 unspecified atom stereocenters. The van der Waals surface area contributed by atoms with Crippen LogP contribution >= 0.6 is 0 Å². The largest absolute Gasteiger partial charge is 0.481 e. The Morgan fingerprint density at radius 1 is 1.37 bits per heavy atom. The fourth-order valence-corrected chi connectivity index (χ4v) is 3.23. The molecule has 0 spiro atoms. The van der Waals surface area contributed by atoms with Crippen molar-refractivity contribution in [1.82, 2.24) is 9.88 Å². The van der Waals surface area contributed by atoms with Crippen molar-refractivity contribution in [2.75, 3.05) is 0 Å². The second kappa shape index (κ2) is 4.29. The Morgan fingerprint density at radius 2 is 2.16 bits per heavy atom. The summed E-state index contributed by atoms with van der Waals surface area (Å²) in [4.78, 5) is 28.6. The van der Waals surface area contributed by atoms with Gasteiger partial charge in [-0.3, -0.25) is 9.59 Å². The molecule has 2 bridgehead atoms. The number of amides is 1. The first-order chi connectivity index (χ1) is 9.08. The number of halogens is 1. The topological polar surface area (TPSA) is 70.5 Å². The van der Waals surface area contributed by atoms with Crippen LogP contribution < -0.4 is 0 Å². The predicted octanol–water partition coefficient (Wildman–Crippen LogP) is 1.30. The summed E-state index contributed by atoms with van der Waals surface area (Å²) in [5.74, 6) is -2.43. The molecule has 3 heterocycles. The van der Waals surface area contributed by atoms with Crippen LogP contribution in [0.5, 0.6) is 0 Å². The van der Waals surface area contributed by atoms with Gasteiger partial charge in [0.25, 0.3) is 5.91 Å². The fourth-order valence-electron chi connectivity index (χ4n) is 3.23. The lowest BCUT2D eigenvalue weighted by molar-refractivity contribution is -0.142. The van der Waals surface area contributed by atoms with Crippen molar-refractivity contribution in [3.05, 3.63) is 29.8 Å². The van der Waals surface area contributed by atoms with E-state index < -0.39 is 17.8 Å². The van der Waals surface area contributed by atoms with E-state index in [0.29, 0.717) is 12.8 Å². The number of aliphatic carboxylic acids is 1. The van der Waals surface area contributed by atoms with Gasteiger partial charge in [-0.05, 0) is 31.4 Å². The molecule has 3 rings (SSSR count). The third kappa shape index (κ3) is 1.87. The van der Waals surface area contributed by atoms with Crippen molar-refractivity contribution in [2.24, 2.45) is 5.92 Å². The maximum atomic E-state index is 13.1. The first-order valence-corrected chi connectivity index (χ1v) is 6.26. The van der Waals surface area contributed by atoms with E-state index in [2.05, 4.69) is 4.98 Å². The van der Waals surface area contributed by atoms with E-state index in [1.165, 1.54) is 18.2 Å². The first kappa shape index (κ1) is 12.1. The van der Waals surface area contributed by atoms with Crippen LogP contribution in [0.3, 0.4) is 0 Å². The number of carbonyl (C=O) groups excluding carboxylic acids is 1. The number of carbonyl (C=O) groups is 2. The van der Waals surface area contributed by atoms with Crippen molar-refractivity contribution in [2.45, 2.75) is 31.3 Å². The number of hydrogen-bond acceptors (Lipinski definition) is 3. The van der Waals surface area contributed by atoms with Crippen LogP contribution in [0.1, 0.15) is 29.8 Å². The van der Waals surface area contributed by atoms with E-state index in [1.54, 1.807) is 4.90 Å². The number of carboxylic acids is 1. The highest BCUT2D eigenvalue weighted by molar-refractivity contribution is 5.93. The van der Waals surface area contributed by atoms with Crippen LogP contribution in [0.2, 0.25) is 0 Å². The Labute approximate surface area is 109 Å². The molecular weight excluding hydrogens is 251 g/mol. The quantitative estimate of drug-likeness (QED) is 0.817. The van der Waals surface area contributed by atoms with Crippen LogP contribution in [-0.2, 0) is 4.79 Å². The second-order valence-electron chi connectivity index (χ2n) is 5.04. The average molecular weight is 264 g/mol. The SMILES string of the molecule is O=C(O)C1CC2CCC1N2C(=O)c1cccc(F)n1. The van der Waals surface area contributed by atoms with E-state index in [0.717, 1.165) is 6.42 Å². The molecule has 0 saturated carbocycles. The molecule has 0 aliphatic carbocycles. The van der Waals surface area contributed by atoms with Gasteiger partial charge < -0.3 is 10.0 Å². The van der Waals surface area contributed by atoms with Crippen LogP contribution in [0, 0.1) is 11.9 Å². The van der Waals surface area contributed by atoms with Gasteiger partial charge in [0.15, 0.2) is 0 Å². The molecule has 3 atom stereocenters. The zero-order chi connectivity index (χ0) is 13.6. The highest BCUT2D eigenvalue weighted by Gasteiger charge is 2.51. The molecule has 19 heavy (non-hydrogen) atoms. The number of nitrogens with zero attached hydrogens (tertiary/aromatic N) is 2. The highest BCUT2D eigenvalue weighted by Crippen LogP contribution is 2.42. The zero-order valence-corrected chi connectivity index (χ0v) is 10.1. The molecule has 1 amide bonds. The van der Waals surface area contributed by atoms with E-state index in [1.807, 2.05) is 0 Å². The minimum atomic E-state index is -0.864. The highest BCUT2D eigenvalue weighted by atomic mass is 19.1. The van der Waals surface area contributed by atoms with Gasteiger partial charge in [0.1, 0.15) is 5.69 Å². The number of carboxylic acid groups (broad SMARTS) is 1. The number of rotatable bonds is 2. The predicted molar refractivity (Wildman–Crippen MR) is 62.9 cm³/mol. The van der Waals surface area contributed by atoms with Crippen LogP contribution in [0.15, 0.2) is 18.2 Å². The van der Waals surface area contributed by atoms with Crippen molar-refractivity contribution in [1.29, 1.82) is 0 Å². The molecule has 1 aromatic rings. The van der Waals surface area contributed by atoms with E-state index in [4.69, 9.17) is 5.11 Å². The normalized spacial score (nSPS) is 28.7. The molecule has 0 aromatic carbocycles. The summed E-state index contributed by atoms with van der Waals surface area (Å²) >= 11 is 0. The summed E-state index contributed by atoms with van der Waals surface area (Å²) in [6.45, 7) is 0. The number of hydrogen-bond donors (Lipinski definition) is 1. The molecule has 0 radical (unpaired) electrons. The standard InChI is InChI=1S/C13H13FN2O3/c14-11-3-1-2-9(15-11)12(17)16-7-4-5-10(16)8(6-7)13(18)19/h1-3,7-8,10H,4-6H2,(H,18,19). The van der Waals surface area contributed by atoms with Gasteiger partial charge >= 0.3 is 5.97 Å². The van der Waals surface area contributed by atoms with Gasteiger partial charge in [-0.2, -0.15) is 4.39 Å². The Balaban J connectivity index is 1.87. The van der Waals surface area contributed by atoms with Crippen LogP contribution in [0.4, 0.5) is 4.39 Å². The van der Waals surface area contributed by atoms with Gasteiger partial charge in [0.2, 0.25) is 5.95 Å². The molecule has 6 heteroatoms. The minimum Gasteiger partial charge on any atom is -0.481 e. The summed E-state index contributed by atoms with van der Waals surface area (Å²) in [5, 5.41) is 9.14. The van der Waals surface area contributed by atoms with E-state index in [-0.39, 0.29) is 23.7 Å². The lowest BCUT2D eigenvalue weighted by atomic mass is 9.89. The molecule has 2 aliphatic heterocycles. The molecule has 5 nitrogen and oxygen atoms in total.